The van der Waals surface area contributed by atoms with Crippen LogP contribution in [0.3, 0.4) is 0 Å². The molecule has 1 aromatic rings. The summed E-state index contributed by atoms with van der Waals surface area (Å²) in [7, 11) is -4.31. The van der Waals surface area contributed by atoms with Crippen LogP contribution in [0.1, 0.15) is 94.1 Å². The fourth-order valence-electron chi connectivity index (χ4n) is 4.79. The van der Waals surface area contributed by atoms with Crippen molar-refractivity contribution in [2.45, 2.75) is 87.9 Å². The third kappa shape index (κ3) is 4.87. The average Bonchev–Trinajstić information content (AvgIpc) is 2.72. The third-order valence-electron chi connectivity index (χ3n) is 6.19. The van der Waals surface area contributed by atoms with Crippen molar-refractivity contribution in [2.24, 2.45) is 0 Å². The van der Waals surface area contributed by atoms with Gasteiger partial charge in [-0.05, 0) is 79.9 Å². The summed E-state index contributed by atoms with van der Waals surface area (Å²) in [6.45, 7) is 5.66. The van der Waals surface area contributed by atoms with Gasteiger partial charge in [-0.1, -0.05) is 45.1 Å². The zero-order chi connectivity index (χ0) is 20.1. The van der Waals surface area contributed by atoms with E-state index < -0.39 is 10.1 Å². The Morgan fingerprint density at radius 1 is 1.00 bits per heavy atom. The molecule has 5 heteroatoms. The predicted octanol–water partition coefficient (Wildman–Crippen LogP) is 6.50. The number of hydrogen-bond acceptors (Lipinski definition) is 3. The van der Waals surface area contributed by atoms with Crippen LogP contribution >= 0.6 is 0 Å². The Morgan fingerprint density at radius 3 is 1.82 bits per heavy atom. The molecule has 0 amide bonds. The summed E-state index contributed by atoms with van der Waals surface area (Å²) in [5.74, 6) is 1.58. The summed E-state index contributed by atoms with van der Waals surface area (Å²) in [6.07, 6.45) is 14.0. The normalized spacial score (nSPS) is 20.1. The number of benzene rings is 1. The standard InChI is InChI=1S/C23H32O4S/c1-3-19(4-2)27-20-15-21(17-11-7-5-8-12-17)23(28(24,25)26)22(16-20)18-13-9-6-10-14-18/h3-4,15-18H,1,5-14H2,2H3,(H,24,25,26). The molecule has 0 saturated heterocycles. The smallest absolute Gasteiger partial charge is 0.295 e. The van der Waals surface area contributed by atoms with Crippen molar-refractivity contribution >= 4 is 10.1 Å². The summed E-state index contributed by atoms with van der Waals surface area (Å²) in [4.78, 5) is 0.152. The predicted molar refractivity (Wildman–Crippen MR) is 112 cm³/mol. The Bertz CT molecular complexity index is 787. The van der Waals surface area contributed by atoms with Crippen LogP contribution in [-0.4, -0.2) is 13.0 Å². The lowest BCUT2D eigenvalue weighted by Crippen LogP contribution is -2.16. The van der Waals surface area contributed by atoms with E-state index in [2.05, 4.69) is 6.58 Å². The van der Waals surface area contributed by atoms with Gasteiger partial charge >= 0.3 is 0 Å². The van der Waals surface area contributed by atoms with E-state index in [1.54, 1.807) is 6.08 Å². The van der Waals surface area contributed by atoms with E-state index >= 15 is 0 Å². The van der Waals surface area contributed by atoms with Crippen molar-refractivity contribution in [3.05, 3.63) is 47.7 Å². The van der Waals surface area contributed by atoms with Crippen LogP contribution in [-0.2, 0) is 10.1 Å². The van der Waals surface area contributed by atoms with Gasteiger partial charge in [0.2, 0.25) is 0 Å². The third-order valence-corrected chi connectivity index (χ3v) is 7.18. The van der Waals surface area contributed by atoms with Crippen LogP contribution < -0.4 is 4.74 Å². The lowest BCUT2D eigenvalue weighted by Gasteiger charge is -2.29. The molecule has 0 unspecified atom stereocenters. The van der Waals surface area contributed by atoms with Gasteiger partial charge in [0.15, 0.2) is 0 Å². The van der Waals surface area contributed by atoms with Crippen molar-refractivity contribution in [3.63, 3.8) is 0 Å². The molecule has 154 valence electrons. The monoisotopic (exact) mass is 404 g/mol. The molecule has 0 aromatic heterocycles. The van der Waals surface area contributed by atoms with E-state index in [4.69, 9.17) is 4.74 Å². The lowest BCUT2D eigenvalue weighted by molar-refractivity contribution is 0.408. The molecule has 0 heterocycles. The average molecular weight is 405 g/mol. The number of ether oxygens (including phenoxy) is 1. The molecule has 2 aliphatic carbocycles. The Balaban J connectivity index is 2.16. The maximum absolute atomic E-state index is 12.5. The first-order valence-electron chi connectivity index (χ1n) is 10.6. The molecular weight excluding hydrogens is 372 g/mol. The second kappa shape index (κ2) is 9.27. The van der Waals surface area contributed by atoms with E-state index in [1.807, 2.05) is 25.1 Å². The molecule has 2 fully saturated rings. The lowest BCUT2D eigenvalue weighted by atomic mass is 9.79. The van der Waals surface area contributed by atoms with E-state index in [1.165, 1.54) is 12.8 Å². The first-order chi connectivity index (χ1) is 13.4. The van der Waals surface area contributed by atoms with Crippen LogP contribution in [0.4, 0.5) is 0 Å². The molecule has 0 radical (unpaired) electrons. The Labute approximate surface area is 169 Å². The molecule has 1 aromatic carbocycles. The van der Waals surface area contributed by atoms with Crippen molar-refractivity contribution in [2.75, 3.05) is 0 Å². The molecule has 0 bridgehead atoms. The minimum Gasteiger partial charge on any atom is -0.458 e. The Hall–Kier alpha value is -1.59. The fraction of sp³-hybridized carbons (Fsp3) is 0.565. The van der Waals surface area contributed by atoms with Crippen LogP contribution in [0.2, 0.25) is 0 Å². The highest BCUT2D eigenvalue weighted by molar-refractivity contribution is 7.86. The van der Waals surface area contributed by atoms with E-state index in [-0.39, 0.29) is 16.7 Å². The van der Waals surface area contributed by atoms with Crippen LogP contribution in [0.15, 0.2) is 41.5 Å². The van der Waals surface area contributed by atoms with Gasteiger partial charge in [0.05, 0.1) is 0 Å². The summed E-state index contributed by atoms with van der Waals surface area (Å²) < 4.78 is 41.2. The molecule has 0 spiro atoms. The van der Waals surface area contributed by atoms with Gasteiger partial charge in [0, 0.05) is 0 Å². The minimum atomic E-state index is -4.31. The topological polar surface area (TPSA) is 63.6 Å². The summed E-state index contributed by atoms with van der Waals surface area (Å²) >= 11 is 0. The van der Waals surface area contributed by atoms with Crippen LogP contribution in [0.25, 0.3) is 0 Å². The molecule has 1 N–H and O–H groups in total. The van der Waals surface area contributed by atoms with Crippen LogP contribution in [0, 0.1) is 0 Å². The summed E-state index contributed by atoms with van der Waals surface area (Å²) in [5, 5.41) is 0. The van der Waals surface area contributed by atoms with Gasteiger partial charge in [-0.2, -0.15) is 8.42 Å². The van der Waals surface area contributed by atoms with Gasteiger partial charge < -0.3 is 4.74 Å². The second-order valence-electron chi connectivity index (χ2n) is 8.07. The van der Waals surface area contributed by atoms with E-state index in [0.29, 0.717) is 11.5 Å². The zero-order valence-electron chi connectivity index (χ0n) is 16.8. The minimum absolute atomic E-state index is 0.148. The number of rotatable bonds is 6. The summed E-state index contributed by atoms with van der Waals surface area (Å²) in [5.41, 5.74) is 1.47. The maximum atomic E-state index is 12.5. The molecule has 0 atom stereocenters. The molecule has 3 rings (SSSR count). The highest BCUT2D eigenvalue weighted by Crippen LogP contribution is 2.44. The summed E-state index contributed by atoms with van der Waals surface area (Å²) in [6, 6.07) is 3.66. The maximum Gasteiger partial charge on any atom is 0.295 e. The quantitative estimate of drug-likeness (QED) is 0.334. The Morgan fingerprint density at radius 2 is 1.46 bits per heavy atom. The molecule has 2 aliphatic rings. The van der Waals surface area contributed by atoms with Crippen molar-refractivity contribution in [1.82, 2.24) is 0 Å². The molecule has 0 aliphatic heterocycles. The highest BCUT2D eigenvalue weighted by atomic mass is 32.2. The van der Waals surface area contributed by atoms with Crippen molar-refractivity contribution < 1.29 is 17.7 Å². The molecule has 2 saturated carbocycles. The van der Waals surface area contributed by atoms with Gasteiger partial charge in [0.25, 0.3) is 10.1 Å². The first kappa shape index (κ1) is 21.1. The highest BCUT2D eigenvalue weighted by Gasteiger charge is 2.31. The molecule has 4 nitrogen and oxygen atoms in total. The molecule has 28 heavy (non-hydrogen) atoms. The second-order valence-corrected chi connectivity index (χ2v) is 9.43. The number of hydrogen-bond donors (Lipinski definition) is 1. The largest absolute Gasteiger partial charge is 0.458 e. The van der Waals surface area contributed by atoms with Gasteiger partial charge in [0.1, 0.15) is 16.4 Å². The van der Waals surface area contributed by atoms with Crippen molar-refractivity contribution in [1.29, 1.82) is 0 Å². The van der Waals surface area contributed by atoms with E-state index in [0.717, 1.165) is 62.5 Å². The van der Waals surface area contributed by atoms with Gasteiger partial charge in [-0.15, -0.1) is 0 Å². The fourth-order valence-corrected chi connectivity index (χ4v) is 5.84. The SMILES string of the molecule is C=CC(=CC)Oc1cc(C2CCCCC2)c(S(=O)(=O)O)c(C2CCCCC2)c1. The zero-order valence-corrected chi connectivity index (χ0v) is 17.6. The van der Waals surface area contributed by atoms with Gasteiger partial charge in [-0.25, -0.2) is 0 Å². The van der Waals surface area contributed by atoms with Crippen LogP contribution in [0.5, 0.6) is 5.75 Å². The van der Waals surface area contributed by atoms with Crippen molar-refractivity contribution in [3.8, 4) is 5.75 Å². The Kier molecular flexibility index (Phi) is 7.00. The van der Waals surface area contributed by atoms with E-state index in [9.17, 15) is 13.0 Å². The first-order valence-corrected chi connectivity index (χ1v) is 12.0. The molecular formula is C23H32O4S. The number of allylic oxidation sites excluding steroid dienone is 2. The van der Waals surface area contributed by atoms with Gasteiger partial charge in [-0.3, -0.25) is 4.55 Å².